The molecule has 0 unspecified atom stereocenters. The van der Waals surface area contributed by atoms with Crippen molar-refractivity contribution < 1.29 is 9.90 Å². The Kier molecular flexibility index (Phi) is 5.51. The van der Waals surface area contributed by atoms with Crippen molar-refractivity contribution >= 4 is 38.5 Å². The summed E-state index contributed by atoms with van der Waals surface area (Å²) in [5, 5.41) is 14.9. The lowest BCUT2D eigenvalue weighted by Gasteiger charge is -2.12. The van der Waals surface area contributed by atoms with Gasteiger partial charge in [0.25, 0.3) is 0 Å². The van der Waals surface area contributed by atoms with Crippen molar-refractivity contribution in [3.8, 4) is 5.75 Å². The first-order valence-corrected chi connectivity index (χ1v) is 11.6. The van der Waals surface area contributed by atoms with Crippen molar-refractivity contribution in [2.75, 3.05) is 0 Å². The van der Waals surface area contributed by atoms with Crippen LogP contribution >= 0.6 is 0 Å². The van der Waals surface area contributed by atoms with E-state index in [0.29, 0.717) is 17.5 Å². The number of phenols is 1. The van der Waals surface area contributed by atoms with E-state index in [1.807, 2.05) is 24.3 Å². The van der Waals surface area contributed by atoms with Crippen LogP contribution in [0.5, 0.6) is 5.75 Å². The maximum atomic E-state index is 12.3. The van der Waals surface area contributed by atoms with Gasteiger partial charge in [-0.1, -0.05) is 68.3 Å². The number of fused-ring (bicyclic) bond motifs is 4. The predicted molar refractivity (Wildman–Crippen MR) is 136 cm³/mol. The lowest BCUT2D eigenvalue weighted by molar-refractivity contribution is 0.100. The van der Waals surface area contributed by atoms with Gasteiger partial charge in [0, 0.05) is 17.5 Å². The molecule has 0 fully saturated rings. The van der Waals surface area contributed by atoms with E-state index in [0.717, 1.165) is 47.7 Å². The fourth-order valence-electron chi connectivity index (χ4n) is 4.99. The highest BCUT2D eigenvalue weighted by Gasteiger charge is 2.20. The Hall–Kier alpha value is -3.79. The number of benzene rings is 4. The van der Waals surface area contributed by atoms with E-state index in [1.54, 1.807) is 6.07 Å². The van der Waals surface area contributed by atoms with E-state index in [4.69, 9.17) is 5.73 Å². The topological polar surface area (TPSA) is 68.2 Å². The second kappa shape index (κ2) is 8.62. The number of aromatic hydroxyl groups is 1. The number of hydrogen-bond donors (Lipinski definition) is 2. The highest BCUT2D eigenvalue weighted by molar-refractivity contribution is 6.19. The molecule has 1 aromatic heterocycles. The van der Waals surface area contributed by atoms with Gasteiger partial charge in [0.05, 0.1) is 16.4 Å². The van der Waals surface area contributed by atoms with Crippen molar-refractivity contribution in [1.82, 2.24) is 4.57 Å². The summed E-state index contributed by atoms with van der Waals surface area (Å²) in [7, 11) is 0. The summed E-state index contributed by atoms with van der Waals surface area (Å²) in [5.74, 6) is -0.286. The predicted octanol–water partition coefficient (Wildman–Crippen LogP) is 6.53. The normalized spacial score (nSPS) is 11.5. The molecule has 166 valence electrons. The molecule has 4 nitrogen and oxygen atoms in total. The minimum Gasteiger partial charge on any atom is -0.507 e. The summed E-state index contributed by atoms with van der Waals surface area (Å²) < 4.78 is 2.21. The van der Waals surface area contributed by atoms with E-state index in [1.165, 1.54) is 16.3 Å². The lowest BCUT2D eigenvalue weighted by atomic mass is 10.0. The number of unbranched alkanes of at least 4 members (excludes halogenated alkanes) is 2. The van der Waals surface area contributed by atoms with Crippen LogP contribution in [0.3, 0.4) is 0 Å². The Morgan fingerprint density at radius 1 is 0.909 bits per heavy atom. The molecule has 33 heavy (non-hydrogen) atoms. The molecular formula is C29H28N2O2. The van der Waals surface area contributed by atoms with Crippen molar-refractivity contribution in [3.05, 3.63) is 89.5 Å². The quantitative estimate of drug-likeness (QED) is 0.285. The number of carbonyl (C=O) groups excluding carboxylic acids is 1. The molecule has 1 heterocycles. The van der Waals surface area contributed by atoms with Crippen LogP contribution in [0.4, 0.5) is 0 Å². The molecular weight excluding hydrogens is 408 g/mol. The summed E-state index contributed by atoms with van der Waals surface area (Å²) in [6, 6.07) is 24.3. The van der Waals surface area contributed by atoms with Gasteiger partial charge in [-0.15, -0.1) is 0 Å². The molecule has 0 spiro atoms. The molecule has 5 rings (SSSR count). The maximum Gasteiger partial charge on any atom is 0.249 e. The molecule has 5 aromatic rings. The van der Waals surface area contributed by atoms with Crippen LogP contribution < -0.4 is 5.73 Å². The molecule has 0 aliphatic heterocycles. The van der Waals surface area contributed by atoms with Gasteiger partial charge in [0.2, 0.25) is 5.91 Å². The number of aromatic nitrogens is 1. The summed E-state index contributed by atoms with van der Waals surface area (Å²) in [6.07, 6.45) is 4.30. The number of amides is 1. The van der Waals surface area contributed by atoms with Gasteiger partial charge < -0.3 is 15.4 Å². The Morgan fingerprint density at radius 3 is 2.52 bits per heavy atom. The first-order chi connectivity index (χ1) is 16.1. The van der Waals surface area contributed by atoms with Crippen molar-refractivity contribution in [1.29, 1.82) is 0 Å². The van der Waals surface area contributed by atoms with Gasteiger partial charge in [0.1, 0.15) is 5.75 Å². The average Bonchev–Trinajstić information content (AvgIpc) is 3.13. The number of nitrogens with two attached hydrogens (primary N) is 1. The van der Waals surface area contributed by atoms with Crippen LogP contribution in [-0.4, -0.2) is 15.6 Å². The summed E-state index contributed by atoms with van der Waals surface area (Å²) in [6.45, 7) is 2.81. The third kappa shape index (κ3) is 3.72. The van der Waals surface area contributed by atoms with Crippen LogP contribution in [-0.2, 0) is 13.0 Å². The van der Waals surface area contributed by atoms with E-state index in [9.17, 15) is 9.90 Å². The highest BCUT2D eigenvalue weighted by atomic mass is 16.3. The number of rotatable bonds is 7. The fraction of sp³-hybridized carbons (Fsp3) is 0.207. The summed E-state index contributed by atoms with van der Waals surface area (Å²) >= 11 is 0. The zero-order chi connectivity index (χ0) is 22.9. The van der Waals surface area contributed by atoms with Gasteiger partial charge in [-0.3, -0.25) is 4.79 Å². The summed E-state index contributed by atoms with van der Waals surface area (Å²) in [5.41, 5.74) is 10.3. The Balaban J connectivity index is 1.78. The molecule has 0 bridgehead atoms. The van der Waals surface area contributed by atoms with Gasteiger partial charge in [-0.2, -0.15) is 0 Å². The van der Waals surface area contributed by atoms with Crippen molar-refractivity contribution in [2.45, 2.75) is 39.2 Å². The maximum absolute atomic E-state index is 12.3. The summed E-state index contributed by atoms with van der Waals surface area (Å²) in [4.78, 5) is 12.3. The van der Waals surface area contributed by atoms with E-state index in [-0.39, 0.29) is 5.75 Å². The number of primary amides is 1. The van der Waals surface area contributed by atoms with Crippen molar-refractivity contribution in [2.24, 2.45) is 5.73 Å². The molecule has 0 saturated carbocycles. The number of aryl methyl sites for hydroxylation is 1. The molecule has 0 atom stereocenters. The number of hydrogen-bond acceptors (Lipinski definition) is 2. The highest BCUT2D eigenvalue weighted by Crippen LogP contribution is 2.39. The zero-order valence-corrected chi connectivity index (χ0v) is 18.8. The largest absolute Gasteiger partial charge is 0.507 e. The van der Waals surface area contributed by atoms with E-state index >= 15 is 0 Å². The van der Waals surface area contributed by atoms with E-state index < -0.39 is 5.91 Å². The van der Waals surface area contributed by atoms with Crippen LogP contribution in [0, 0.1) is 0 Å². The minimum atomic E-state index is -0.490. The third-order valence-electron chi connectivity index (χ3n) is 6.57. The van der Waals surface area contributed by atoms with Crippen LogP contribution in [0.2, 0.25) is 0 Å². The smallest absolute Gasteiger partial charge is 0.249 e. The Labute approximate surface area is 193 Å². The second-order valence-electron chi connectivity index (χ2n) is 8.75. The number of phenolic OH excluding ortho intramolecular Hbond substituents is 1. The lowest BCUT2D eigenvalue weighted by Crippen LogP contribution is -2.11. The van der Waals surface area contributed by atoms with Crippen LogP contribution in [0.25, 0.3) is 32.6 Å². The van der Waals surface area contributed by atoms with Gasteiger partial charge in [-0.25, -0.2) is 0 Å². The third-order valence-corrected chi connectivity index (χ3v) is 6.57. The molecule has 3 N–H and O–H groups in total. The second-order valence-corrected chi connectivity index (χ2v) is 8.75. The van der Waals surface area contributed by atoms with Gasteiger partial charge in [-0.05, 0) is 59.0 Å². The molecule has 0 saturated heterocycles. The number of nitrogens with zero attached hydrogens (tertiary/aromatic N) is 1. The zero-order valence-electron chi connectivity index (χ0n) is 18.8. The first-order valence-electron chi connectivity index (χ1n) is 11.6. The fourth-order valence-corrected chi connectivity index (χ4v) is 4.99. The monoisotopic (exact) mass is 436 g/mol. The van der Waals surface area contributed by atoms with Gasteiger partial charge >= 0.3 is 0 Å². The SMILES string of the molecule is CCCCCc1cc(O)c2c3c(C(N)=O)cccc3n(Cc3cccc4ccccc34)c2c1. The molecule has 4 heteroatoms. The molecule has 0 aliphatic carbocycles. The standard InChI is InChI=1S/C29H28N2O2/c1-2-3-4-9-19-16-25-28(26(32)17-19)27-23(29(30)33)14-8-15-24(27)31(25)18-21-12-7-11-20-10-5-6-13-22(20)21/h5-8,10-17,32H,2-4,9,18H2,1H3,(H2,30,33). The Bertz CT molecular complexity index is 1490. The van der Waals surface area contributed by atoms with Gasteiger partial charge in [0.15, 0.2) is 0 Å². The Morgan fingerprint density at radius 2 is 1.70 bits per heavy atom. The molecule has 0 radical (unpaired) electrons. The van der Waals surface area contributed by atoms with E-state index in [2.05, 4.69) is 54.0 Å². The average molecular weight is 437 g/mol. The molecule has 4 aromatic carbocycles. The first kappa shape index (κ1) is 21.1. The minimum absolute atomic E-state index is 0.203. The van der Waals surface area contributed by atoms with Crippen LogP contribution in [0.15, 0.2) is 72.8 Å². The number of carbonyl (C=O) groups is 1. The van der Waals surface area contributed by atoms with Crippen LogP contribution in [0.1, 0.15) is 47.7 Å². The molecule has 0 aliphatic rings. The molecule has 1 amide bonds. The van der Waals surface area contributed by atoms with Crippen molar-refractivity contribution in [3.63, 3.8) is 0 Å².